The molecule has 1 heterocycles. The Kier molecular flexibility index (Phi) is 4.22. The van der Waals surface area contributed by atoms with E-state index in [1.165, 1.54) is 6.07 Å². The molecule has 0 fully saturated rings. The van der Waals surface area contributed by atoms with Crippen LogP contribution in [0.4, 0.5) is 4.39 Å². The second-order valence-corrected chi connectivity index (χ2v) is 4.81. The SMILES string of the molecule is CCc1cc(C(N)c2ccc(Cl)cc2F)n(CC)n1. The summed E-state index contributed by atoms with van der Waals surface area (Å²) in [6, 6.07) is 5.95. The fourth-order valence-electron chi connectivity index (χ4n) is 2.08. The zero-order valence-electron chi connectivity index (χ0n) is 11.0. The van der Waals surface area contributed by atoms with E-state index in [0.717, 1.165) is 17.8 Å². The molecular weight excluding hydrogens is 265 g/mol. The normalized spacial score (nSPS) is 12.7. The maximum Gasteiger partial charge on any atom is 0.129 e. The van der Waals surface area contributed by atoms with Gasteiger partial charge >= 0.3 is 0 Å². The van der Waals surface area contributed by atoms with E-state index in [4.69, 9.17) is 17.3 Å². The minimum atomic E-state index is -0.537. The summed E-state index contributed by atoms with van der Waals surface area (Å²) >= 11 is 5.75. The van der Waals surface area contributed by atoms with Gasteiger partial charge in [-0.2, -0.15) is 5.10 Å². The van der Waals surface area contributed by atoms with Crippen molar-refractivity contribution in [3.05, 3.63) is 52.1 Å². The van der Waals surface area contributed by atoms with Crippen LogP contribution in [0.3, 0.4) is 0 Å². The maximum absolute atomic E-state index is 13.9. The van der Waals surface area contributed by atoms with Crippen LogP contribution in [0.2, 0.25) is 5.02 Å². The Hall–Kier alpha value is -1.39. The minimum Gasteiger partial charge on any atom is -0.319 e. The number of hydrogen-bond donors (Lipinski definition) is 1. The highest BCUT2D eigenvalue weighted by Gasteiger charge is 2.18. The third-order valence-corrected chi connectivity index (χ3v) is 3.37. The van der Waals surface area contributed by atoms with Gasteiger partial charge in [0, 0.05) is 17.1 Å². The second-order valence-electron chi connectivity index (χ2n) is 4.37. The van der Waals surface area contributed by atoms with Gasteiger partial charge in [-0.05, 0) is 31.5 Å². The summed E-state index contributed by atoms with van der Waals surface area (Å²) < 4.78 is 15.7. The van der Waals surface area contributed by atoms with Gasteiger partial charge in [-0.15, -0.1) is 0 Å². The highest BCUT2D eigenvalue weighted by Crippen LogP contribution is 2.25. The van der Waals surface area contributed by atoms with Crippen molar-refractivity contribution in [2.24, 2.45) is 5.73 Å². The number of hydrogen-bond acceptors (Lipinski definition) is 2. The molecule has 0 amide bonds. The Morgan fingerprint density at radius 2 is 2.11 bits per heavy atom. The van der Waals surface area contributed by atoms with Crippen LogP contribution in [-0.2, 0) is 13.0 Å². The Labute approximate surface area is 117 Å². The van der Waals surface area contributed by atoms with E-state index in [0.29, 0.717) is 17.1 Å². The molecule has 2 aromatic rings. The molecule has 0 saturated carbocycles. The van der Waals surface area contributed by atoms with Crippen molar-refractivity contribution in [2.75, 3.05) is 0 Å². The smallest absolute Gasteiger partial charge is 0.129 e. The maximum atomic E-state index is 13.9. The van der Waals surface area contributed by atoms with Crippen molar-refractivity contribution in [3.63, 3.8) is 0 Å². The molecule has 0 saturated heterocycles. The van der Waals surface area contributed by atoms with Crippen LogP contribution in [0.15, 0.2) is 24.3 Å². The molecule has 5 heteroatoms. The molecule has 1 aromatic carbocycles. The first kappa shape index (κ1) is 14.0. The summed E-state index contributed by atoms with van der Waals surface area (Å²) in [6.07, 6.45) is 0.829. The highest BCUT2D eigenvalue weighted by atomic mass is 35.5. The Morgan fingerprint density at radius 3 is 2.68 bits per heavy atom. The molecular formula is C14H17ClFN3. The molecule has 102 valence electrons. The lowest BCUT2D eigenvalue weighted by molar-refractivity contribution is 0.566. The van der Waals surface area contributed by atoms with Gasteiger partial charge in [-0.1, -0.05) is 24.6 Å². The topological polar surface area (TPSA) is 43.8 Å². The van der Waals surface area contributed by atoms with Crippen molar-refractivity contribution < 1.29 is 4.39 Å². The molecule has 1 aromatic heterocycles. The molecule has 0 aliphatic carbocycles. The van der Waals surface area contributed by atoms with Crippen molar-refractivity contribution in [1.29, 1.82) is 0 Å². The van der Waals surface area contributed by atoms with Crippen LogP contribution < -0.4 is 5.73 Å². The van der Waals surface area contributed by atoms with E-state index in [-0.39, 0.29) is 5.82 Å². The van der Waals surface area contributed by atoms with E-state index in [1.54, 1.807) is 12.1 Å². The van der Waals surface area contributed by atoms with E-state index in [2.05, 4.69) is 5.10 Å². The van der Waals surface area contributed by atoms with Crippen LogP contribution in [0.25, 0.3) is 0 Å². The fourth-order valence-corrected chi connectivity index (χ4v) is 2.24. The summed E-state index contributed by atoms with van der Waals surface area (Å²) in [7, 11) is 0. The summed E-state index contributed by atoms with van der Waals surface area (Å²) in [4.78, 5) is 0. The van der Waals surface area contributed by atoms with Gasteiger partial charge in [0.15, 0.2) is 0 Å². The number of nitrogens with two attached hydrogens (primary N) is 1. The average molecular weight is 282 g/mol. The van der Waals surface area contributed by atoms with Gasteiger partial charge in [-0.3, -0.25) is 4.68 Å². The van der Waals surface area contributed by atoms with Gasteiger partial charge in [0.05, 0.1) is 17.4 Å². The number of aryl methyl sites for hydroxylation is 2. The zero-order valence-corrected chi connectivity index (χ0v) is 11.8. The Morgan fingerprint density at radius 1 is 1.37 bits per heavy atom. The number of benzene rings is 1. The third kappa shape index (κ3) is 2.80. The molecule has 1 atom stereocenters. The largest absolute Gasteiger partial charge is 0.319 e. The zero-order chi connectivity index (χ0) is 14.0. The molecule has 19 heavy (non-hydrogen) atoms. The summed E-state index contributed by atoms with van der Waals surface area (Å²) in [5.74, 6) is -0.387. The summed E-state index contributed by atoms with van der Waals surface area (Å²) in [6.45, 7) is 4.72. The third-order valence-electron chi connectivity index (χ3n) is 3.14. The van der Waals surface area contributed by atoms with E-state index >= 15 is 0 Å². The van der Waals surface area contributed by atoms with Crippen LogP contribution in [0.5, 0.6) is 0 Å². The van der Waals surface area contributed by atoms with Gasteiger partial charge in [0.2, 0.25) is 0 Å². The molecule has 0 radical (unpaired) electrons. The second kappa shape index (κ2) is 5.72. The standard InChI is InChI=1S/C14H17ClFN3/c1-3-10-8-13(19(4-2)18-10)14(17)11-6-5-9(15)7-12(11)16/h5-8,14H,3-4,17H2,1-2H3. The van der Waals surface area contributed by atoms with Crippen molar-refractivity contribution in [1.82, 2.24) is 9.78 Å². The molecule has 0 spiro atoms. The number of nitrogens with zero attached hydrogens (tertiary/aromatic N) is 2. The number of aromatic nitrogens is 2. The monoisotopic (exact) mass is 281 g/mol. The Balaban J connectivity index is 2.42. The van der Waals surface area contributed by atoms with Gasteiger partial charge in [0.25, 0.3) is 0 Å². The first-order valence-electron chi connectivity index (χ1n) is 6.34. The molecule has 0 aliphatic rings. The molecule has 2 rings (SSSR count). The van der Waals surface area contributed by atoms with Gasteiger partial charge < -0.3 is 5.73 Å². The lowest BCUT2D eigenvalue weighted by Crippen LogP contribution is -2.18. The van der Waals surface area contributed by atoms with Crippen LogP contribution >= 0.6 is 11.6 Å². The molecule has 0 bridgehead atoms. The van der Waals surface area contributed by atoms with Gasteiger partial charge in [0.1, 0.15) is 5.82 Å². The molecule has 0 aliphatic heterocycles. The average Bonchev–Trinajstić information content (AvgIpc) is 2.81. The first-order valence-corrected chi connectivity index (χ1v) is 6.71. The van der Waals surface area contributed by atoms with Crippen molar-refractivity contribution >= 4 is 11.6 Å². The Bertz CT molecular complexity index is 580. The lowest BCUT2D eigenvalue weighted by atomic mass is 10.0. The van der Waals surface area contributed by atoms with Crippen LogP contribution in [0.1, 0.15) is 36.8 Å². The van der Waals surface area contributed by atoms with Crippen LogP contribution in [0, 0.1) is 5.82 Å². The number of rotatable bonds is 4. The quantitative estimate of drug-likeness (QED) is 0.934. The molecule has 1 unspecified atom stereocenters. The van der Waals surface area contributed by atoms with Gasteiger partial charge in [-0.25, -0.2) is 4.39 Å². The molecule has 2 N–H and O–H groups in total. The van der Waals surface area contributed by atoms with Crippen molar-refractivity contribution in [3.8, 4) is 0 Å². The van der Waals surface area contributed by atoms with E-state index < -0.39 is 6.04 Å². The predicted octanol–water partition coefficient (Wildman–Crippen LogP) is 3.31. The summed E-state index contributed by atoms with van der Waals surface area (Å²) in [5, 5.41) is 4.80. The lowest BCUT2D eigenvalue weighted by Gasteiger charge is -2.14. The predicted molar refractivity (Wildman–Crippen MR) is 74.7 cm³/mol. The fraction of sp³-hybridized carbons (Fsp3) is 0.357. The number of halogens is 2. The van der Waals surface area contributed by atoms with Crippen molar-refractivity contribution in [2.45, 2.75) is 32.9 Å². The first-order chi connectivity index (χ1) is 9.06. The van der Waals surface area contributed by atoms with Crippen LogP contribution in [-0.4, -0.2) is 9.78 Å². The van der Waals surface area contributed by atoms with E-state index in [9.17, 15) is 4.39 Å². The van der Waals surface area contributed by atoms with E-state index in [1.807, 2.05) is 24.6 Å². The summed E-state index contributed by atoms with van der Waals surface area (Å²) in [5.41, 5.74) is 8.38. The minimum absolute atomic E-state index is 0.367. The highest BCUT2D eigenvalue weighted by molar-refractivity contribution is 6.30. The molecule has 3 nitrogen and oxygen atoms in total.